The normalized spacial score (nSPS) is 29.7. The molecule has 150 valence electrons. The third kappa shape index (κ3) is 3.94. The Kier molecular flexibility index (Phi) is 5.72. The lowest BCUT2D eigenvalue weighted by atomic mass is 9.73. The van der Waals surface area contributed by atoms with Crippen molar-refractivity contribution in [1.82, 2.24) is 15.5 Å². The number of esters is 1. The quantitative estimate of drug-likeness (QED) is 0.556. The van der Waals surface area contributed by atoms with Crippen LogP contribution in [-0.2, 0) is 19.1 Å². The van der Waals surface area contributed by atoms with E-state index in [0.717, 1.165) is 49.8 Å². The highest BCUT2D eigenvalue weighted by Gasteiger charge is 2.55. The number of ether oxygens (including phenoxy) is 1. The van der Waals surface area contributed by atoms with Crippen LogP contribution in [0, 0.1) is 5.92 Å². The highest BCUT2D eigenvalue weighted by atomic mass is 16.5. The lowest BCUT2D eigenvalue weighted by molar-refractivity contribution is -0.157. The van der Waals surface area contributed by atoms with Crippen molar-refractivity contribution >= 4 is 23.8 Å². The smallest absolute Gasteiger partial charge is 0.327 e. The van der Waals surface area contributed by atoms with Crippen LogP contribution in [0.1, 0.15) is 65.2 Å². The molecule has 0 bridgehead atoms. The maximum atomic E-state index is 12.8. The Labute approximate surface area is 159 Å². The summed E-state index contributed by atoms with van der Waals surface area (Å²) in [6.45, 7) is 2.98. The van der Waals surface area contributed by atoms with Gasteiger partial charge >= 0.3 is 12.0 Å². The SMILES string of the molecule is C[C@H](OC(=O)CN1C(=O)N[C@]2(CCCC[C@H]2C)C1=O)C(=O)NC1CCCC1. The maximum absolute atomic E-state index is 12.8. The first-order valence-electron chi connectivity index (χ1n) is 9.97. The van der Waals surface area contributed by atoms with Crippen molar-refractivity contribution < 1.29 is 23.9 Å². The third-order valence-corrected chi connectivity index (χ3v) is 6.17. The molecule has 3 atom stereocenters. The highest BCUT2D eigenvalue weighted by molar-refractivity contribution is 6.09. The summed E-state index contributed by atoms with van der Waals surface area (Å²) in [5.74, 6) is -1.43. The minimum absolute atomic E-state index is 0.0276. The summed E-state index contributed by atoms with van der Waals surface area (Å²) in [6, 6.07) is -0.425. The summed E-state index contributed by atoms with van der Waals surface area (Å²) >= 11 is 0. The van der Waals surface area contributed by atoms with Crippen LogP contribution in [0.2, 0.25) is 0 Å². The van der Waals surface area contributed by atoms with Crippen LogP contribution in [0.15, 0.2) is 0 Å². The Morgan fingerprint density at radius 2 is 1.89 bits per heavy atom. The monoisotopic (exact) mass is 379 g/mol. The molecule has 1 aliphatic heterocycles. The molecule has 0 aromatic rings. The molecule has 2 aliphatic carbocycles. The van der Waals surface area contributed by atoms with E-state index in [-0.39, 0.29) is 23.8 Å². The van der Waals surface area contributed by atoms with Crippen LogP contribution in [0.25, 0.3) is 0 Å². The Hall–Kier alpha value is -2.12. The third-order valence-electron chi connectivity index (χ3n) is 6.17. The molecule has 2 saturated carbocycles. The van der Waals surface area contributed by atoms with Gasteiger partial charge in [-0.05, 0) is 38.5 Å². The molecule has 8 nitrogen and oxygen atoms in total. The zero-order chi connectivity index (χ0) is 19.6. The van der Waals surface area contributed by atoms with E-state index in [1.54, 1.807) is 0 Å². The molecular weight excluding hydrogens is 350 g/mol. The van der Waals surface area contributed by atoms with Gasteiger partial charge in [0.05, 0.1) is 0 Å². The van der Waals surface area contributed by atoms with Gasteiger partial charge in [-0.15, -0.1) is 0 Å². The average molecular weight is 379 g/mol. The van der Waals surface area contributed by atoms with Gasteiger partial charge in [-0.1, -0.05) is 32.6 Å². The first kappa shape index (κ1) is 19.6. The summed E-state index contributed by atoms with van der Waals surface area (Å²) in [4.78, 5) is 50.4. The zero-order valence-corrected chi connectivity index (χ0v) is 16.1. The van der Waals surface area contributed by atoms with Crippen molar-refractivity contribution in [3.8, 4) is 0 Å². The van der Waals surface area contributed by atoms with E-state index < -0.39 is 30.2 Å². The summed E-state index contributed by atoms with van der Waals surface area (Å²) in [6.07, 6.45) is 6.45. The van der Waals surface area contributed by atoms with E-state index in [1.165, 1.54) is 6.92 Å². The van der Waals surface area contributed by atoms with E-state index in [2.05, 4.69) is 10.6 Å². The molecule has 0 radical (unpaired) electrons. The second-order valence-corrected chi connectivity index (χ2v) is 8.06. The molecule has 0 aromatic carbocycles. The van der Waals surface area contributed by atoms with Gasteiger partial charge < -0.3 is 15.4 Å². The van der Waals surface area contributed by atoms with Crippen molar-refractivity contribution in [3.63, 3.8) is 0 Å². The molecule has 3 fully saturated rings. The molecule has 0 aromatic heterocycles. The van der Waals surface area contributed by atoms with Gasteiger partial charge in [-0.3, -0.25) is 19.3 Å². The molecule has 3 rings (SSSR count). The predicted octanol–water partition coefficient (Wildman–Crippen LogP) is 1.48. The highest BCUT2D eigenvalue weighted by Crippen LogP contribution is 2.38. The summed E-state index contributed by atoms with van der Waals surface area (Å²) in [5.41, 5.74) is -0.902. The number of hydrogen-bond acceptors (Lipinski definition) is 5. The molecule has 2 N–H and O–H groups in total. The molecule has 1 heterocycles. The average Bonchev–Trinajstić information content (AvgIpc) is 3.20. The van der Waals surface area contributed by atoms with Gasteiger partial charge in [-0.2, -0.15) is 0 Å². The van der Waals surface area contributed by atoms with Crippen molar-refractivity contribution in [1.29, 1.82) is 0 Å². The number of nitrogens with one attached hydrogen (secondary N) is 2. The van der Waals surface area contributed by atoms with Crippen molar-refractivity contribution in [2.45, 2.75) is 82.9 Å². The zero-order valence-electron chi connectivity index (χ0n) is 16.1. The number of rotatable bonds is 5. The van der Waals surface area contributed by atoms with Gasteiger partial charge in [0.25, 0.3) is 11.8 Å². The van der Waals surface area contributed by atoms with Crippen LogP contribution in [-0.4, -0.2) is 52.9 Å². The van der Waals surface area contributed by atoms with Crippen LogP contribution >= 0.6 is 0 Å². The van der Waals surface area contributed by atoms with Gasteiger partial charge in [0.1, 0.15) is 12.1 Å². The van der Waals surface area contributed by atoms with Crippen molar-refractivity contribution in [3.05, 3.63) is 0 Å². The standard InChI is InChI=1S/C19H29N3O5/c1-12-7-5-6-10-19(12)17(25)22(18(26)21-19)11-15(23)27-13(2)16(24)20-14-8-3-4-9-14/h12-14H,3-11H2,1-2H3,(H,20,24)(H,21,26)/t12-,13+,19+/m1/s1. The van der Waals surface area contributed by atoms with Gasteiger partial charge in [0.15, 0.2) is 6.10 Å². The minimum Gasteiger partial charge on any atom is -0.451 e. The molecule has 8 heteroatoms. The first-order valence-corrected chi connectivity index (χ1v) is 9.97. The molecule has 1 spiro atoms. The van der Waals surface area contributed by atoms with Crippen LogP contribution in [0.3, 0.4) is 0 Å². The van der Waals surface area contributed by atoms with Crippen LogP contribution in [0.4, 0.5) is 4.79 Å². The molecular formula is C19H29N3O5. The fraction of sp³-hybridized carbons (Fsp3) is 0.789. The number of nitrogens with zero attached hydrogens (tertiary/aromatic N) is 1. The Balaban J connectivity index is 1.54. The number of amides is 4. The fourth-order valence-electron chi connectivity index (χ4n) is 4.44. The lowest BCUT2D eigenvalue weighted by Gasteiger charge is -2.36. The van der Waals surface area contributed by atoms with E-state index in [4.69, 9.17) is 4.74 Å². The topological polar surface area (TPSA) is 105 Å². The summed E-state index contributed by atoms with van der Waals surface area (Å²) in [7, 11) is 0. The number of imide groups is 1. The van der Waals surface area contributed by atoms with E-state index >= 15 is 0 Å². The Morgan fingerprint density at radius 1 is 1.22 bits per heavy atom. The number of hydrogen-bond donors (Lipinski definition) is 2. The summed E-state index contributed by atoms with van der Waals surface area (Å²) < 4.78 is 5.16. The minimum atomic E-state index is -0.957. The van der Waals surface area contributed by atoms with Gasteiger partial charge in [-0.25, -0.2) is 4.79 Å². The Bertz CT molecular complexity index is 631. The molecule has 0 unspecified atom stereocenters. The fourth-order valence-corrected chi connectivity index (χ4v) is 4.44. The predicted molar refractivity (Wildman–Crippen MR) is 96.6 cm³/mol. The Morgan fingerprint density at radius 3 is 2.56 bits per heavy atom. The second-order valence-electron chi connectivity index (χ2n) is 8.06. The first-order chi connectivity index (χ1) is 12.8. The molecule has 27 heavy (non-hydrogen) atoms. The lowest BCUT2D eigenvalue weighted by Crippen LogP contribution is -2.54. The van der Waals surface area contributed by atoms with E-state index in [1.807, 2.05) is 6.92 Å². The van der Waals surface area contributed by atoms with Crippen LogP contribution < -0.4 is 10.6 Å². The van der Waals surface area contributed by atoms with E-state index in [0.29, 0.717) is 6.42 Å². The van der Waals surface area contributed by atoms with Gasteiger partial charge in [0.2, 0.25) is 0 Å². The largest absolute Gasteiger partial charge is 0.451 e. The number of urea groups is 1. The summed E-state index contributed by atoms with van der Waals surface area (Å²) in [5, 5.41) is 5.67. The molecule has 1 saturated heterocycles. The maximum Gasteiger partial charge on any atom is 0.327 e. The molecule has 4 amide bonds. The van der Waals surface area contributed by atoms with Crippen molar-refractivity contribution in [2.75, 3.05) is 6.54 Å². The van der Waals surface area contributed by atoms with Crippen LogP contribution in [0.5, 0.6) is 0 Å². The number of carbonyl (C=O) groups excluding carboxylic acids is 4. The van der Waals surface area contributed by atoms with Gasteiger partial charge in [0, 0.05) is 6.04 Å². The second kappa shape index (κ2) is 7.86. The number of carbonyl (C=O) groups is 4. The van der Waals surface area contributed by atoms with E-state index in [9.17, 15) is 19.2 Å². The van der Waals surface area contributed by atoms with Crippen molar-refractivity contribution in [2.24, 2.45) is 5.92 Å². The molecule has 3 aliphatic rings.